The van der Waals surface area contributed by atoms with Crippen molar-refractivity contribution in [3.63, 3.8) is 0 Å². The first-order valence-corrected chi connectivity index (χ1v) is 9.22. The molecule has 0 radical (unpaired) electrons. The minimum atomic E-state index is -3.24. The lowest BCUT2D eigenvalue weighted by atomic mass is 10.2. The van der Waals surface area contributed by atoms with Gasteiger partial charge in [0.1, 0.15) is 0 Å². The molecule has 6 heteroatoms. The summed E-state index contributed by atoms with van der Waals surface area (Å²) in [6.07, 6.45) is 3.30. The van der Waals surface area contributed by atoms with Crippen molar-refractivity contribution in [2.75, 3.05) is 6.54 Å². The fourth-order valence-electron chi connectivity index (χ4n) is 1.88. The molecule has 1 heterocycles. The Balaban J connectivity index is 1.85. The molecule has 1 aromatic heterocycles. The van der Waals surface area contributed by atoms with Crippen molar-refractivity contribution in [1.29, 1.82) is 0 Å². The monoisotopic (exact) mass is 302 g/mol. The van der Waals surface area contributed by atoms with Gasteiger partial charge >= 0.3 is 0 Å². The zero-order chi connectivity index (χ0) is 13.9. The maximum absolute atomic E-state index is 12.1. The van der Waals surface area contributed by atoms with Crippen LogP contribution in [0.4, 0.5) is 0 Å². The number of nitrogens with one attached hydrogen (secondary N) is 2. The fraction of sp³-hybridized carbons (Fsp3) is 0.692. The molecule has 1 aromatic rings. The van der Waals surface area contributed by atoms with Crippen LogP contribution in [-0.4, -0.2) is 26.3 Å². The SMILES string of the molecule is CCc1ccsc1CNS(=O)(=O)C(C)CNC1CC1. The molecule has 2 N–H and O–H groups in total. The van der Waals surface area contributed by atoms with E-state index in [9.17, 15) is 8.42 Å². The van der Waals surface area contributed by atoms with Gasteiger partial charge in [-0.3, -0.25) is 0 Å². The Kier molecular flexibility index (Phi) is 5.00. The highest BCUT2D eigenvalue weighted by Crippen LogP contribution is 2.19. The van der Waals surface area contributed by atoms with Gasteiger partial charge in [0.2, 0.25) is 10.0 Å². The summed E-state index contributed by atoms with van der Waals surface area (Å²) in [6, 6.07) is 2.61. The topological polar surface area (TPSA) is 58.2 Å². The van der Waals surface area contributed by atoms with Crippen molar-refractivity contribution in [2.45, 2.75) is 50.9 Å². The molecule has 19 heavy (non-hydrogen) atoms. The summed E-state index contributed by atoms with van der Waals surface area (Å²) in [5.41, 5.74) is 1.23. The van der Waals surface area contributed by atoms with E-state index in [0.29, 0.717) is 19.1 Å². The highest BCUT2D eigenvalue weighted by molar-refractivity contribution is 7.90. The van der Waals surface area contributed by atoms with Crippen LogP contribution in [0.5, 0.6) is 0 Å². The molecular formula is C13H22N2O2S2. The molecule has 4 nitrogen and oxygen atoms in total. The quantitative estimate of drug-likeness (QED) is 0.771. The summed E-state index contributed by atoms with van der Waals surface area (Å²) in [6.45, 7) is 4.79. The Hall–Kier alpha value is -0.430. The van der Waals surface area contributed by atoms with E-state index in [1.807, 2.05) is 5.38 Å². The Bertz CT molecular complexity index is 506. The van der Waals surface area contributed by atoms with Crippen molar-refractivity contribution in [3.8, 4) is 0 Å². The van der Waals surface area contributed by atoms with E-state index in [1.165, 1.54) is 18.4 Å². The smallest absolute Gasteiger partial charge is 0.215 e. The van der Waals surface area contributed by atoms with E-state index in [2.05, 4.69) is 23.0 Å². The second-order valence-electron chi connectivity index (χ2n) is 5.08. The maximum atomic E-state index is 12.1. The minimum Gasteiger partial charge on any atom is -0.313 e. The molecule has 0 aromatic carbocycles. The molecule has 1 fully saturated rings. The summed E-state index contributed by atoms with van der Waals surface area (Å²) in [4.78, 5) is 1.12. The lowest BCUT2D eigenvalue weighted by Crippen LogP contribution is -2.39. The summed E-state index contributed by atoms with van der Waals surface area (Å²) in [5, 5.41) is 4.89. The Morgan fingerprint density at radius 2 is 2.21 bits per heavy atom. The number of rotatable bonds is 8. The van der Waals surface area contributed by atoms with Crippen LogP contribution in [0.15, 0.2) is 11.4 Å². The van der Waals surface area contributed by atoms with Gasteiger partial charge in [0, 0.05) is 24.0 Å². The van der Waals surface area contributed by atoms with Crippen molar-refractivity contribution >= 4 is 21.4 Å². The standard InChI is InChI=1S/C13H22N2O2S2/c1-3-11-6-7-18-13(11)9-15-19(16,17)10(2)8-14-12-4-5-12/h6-7,10,12,14-15H,3-5,8-9H2,1-2H3. The third-order valence-corrected chi connectivity index (χ3v) is 6.19. The first-order chi connectivity index (χ1) is 9.03. The number of sulfonamides is 1. The molecule has 0 aliphatic heterocycles. The van der Waals surface area contributed by atoms with Gasteiger partial charge < -0.3 is 5.32 Å². The zero-order valence-corrected chi connectivity index (χ0v) is 13.1. The van der Waals surface area contributed by atoms with Crippen LogP contribution in [0.1, 0.15) is 37.1 Å². The molecule has 0 saturated heterocycles. The van der Waals surface area contributed by atoms with Crippen molar-refractivity contribution in [3.05, 3.63) is 21.9 Å². The zero-order valence-electron chi connectivity index (χ0n) is 11.5. The normalized spacial score (nSPS) is 17.6. The van der Waals surface area contributed by atoms with E-state index in [0.717, 1.165) is 11.3 Å². The molecule has 1 unspecified atom stereocenters. The number of aryl methyl sites for hydroxylation is 1. The molecule has 2 rings (SSSR count). The highest BCUT2D eigenvalue weighted by Gasteiger charge is 2.25. The summed E-state index contributed by atoms with van der Waals surface area (Å²) >= 11 is 1.61. The molecule has 108 valence electrons. The van der Waals surface area contributed by atoms with Crippen LogP contribution in [-0.2, 0) is 23.0 Å². The third kappa shape index (κ3) is 4.27. The lowest BCUT2D eigenvalue weighted by Gasteiger charge is -2.14. The van der Waals surface area contributed by atoms with Gasteiger partial charge in [-0.25, -0.2) is 13.1 Å². The Morgan fingerprint density at radius 1 is 1.47 bits per heavy atom. The van der Waals surface area contributed by atoms with Crippen LogP contribution in [0.2, 0.25) is 0 Å². The van der Waals surface area contributed by atoms with E-state index in [1.54, 1.807) is 18.3 Å². The average molecular weight is 302 g/mol. The van der Waals surface area contributed by atoms with Gasteiger partial charge in [0.25, 0.3) is 0 Å². The van der Waals surface area contributed by atoms with E-state index < -0.39 is 15.3 Å². The molecule has 1 atom stereocenters. The van der Waals surface area contributed by atoms with Gasteiger partial charge in [-0.1, -0.05) is 6.92 Å². The minimum absolute atomic E-state index is 0.391. The van der Waals surface area contributed by atoms with E-state index in [4.69, 9.17) is 0 Å². The largest absolute Gasteiger partial charge is 0.313 e. The Labute approximate surface area is 119 Å². The molecule has 0 amide bonds. The molecule has 0 spiro atoms. The second kappa shape index (κ2) is 6.35. The Morgan fingerprint density at radius 3 is 2.84 bits per heavy atom. The van der Waals surface area contributed by atoms with Crippen LogP contribution in [0.25, 0.3) is 0 Å². The summed E-state index contributed by atoms with van der Waals surface area (Å²) in [5.74, 6) is 0. The predicted octanol–water partition coefficient (Wildman–Crippen LogP) is 1.87. The van der Waals surface area contributed by atoms with Gasteiger partial charge in [-0.05, 0) is 43.2 Å². The van der Waals surface area contributed by atoms with Gasteiger partial charge in [0.05, 0.1) is 5.25 Å². The fourth-order valence-corrected chi connectivity index (χ4v) is 3.83. The molecule has 1 aliphatic rings. The maximum Gasteiger partial charge on any atom is 0.215 e. The van der Waals surface area contributed by atoms with Gasteiger partial charge in [-0.15, -0.1) is 11.3 Å². The first kappa shape index (κ1) is 15.0. The molecule has 0 bridgehead atoms. The lowest BCUT2D eigenvalue weighted by molar-refractivity contribution is 0.557. The van der Waals surface area contributed by atoms with E-state index in [-0.39, 0.29) is 0 Å². The van der Waals surface area contributed by atoms with Crippen molar-refractivity contribution in [2.24, 2.45) is 0 Å². The number of thiophene rings is 1. The average Bonchev–Trinajstić information content (AvgIpc) is 3.10. The summed E-state index contributed by atoms with van der Waals surface area (Å²) in [7, 11) is -3.24. The van der Waals surface area contributed by atoms with Crippen LogP contribution < -0.4 is 10.0 Å². The van der Waals surface area contributed by atoms with Crippen LogP contribution >= 0.6 is 11.3 Å². The number of hydrogen-bond acceptors (Lipinski definition) is 4. The predicted molar refractivity (Wildman–Crippen MR) is 79.9 cm³/mol. The molecule has 1 aliphatic carbocycles. The van der Waals surface area contributed by atoms with Crippen LogP contribution in [0, 0.1) is 0 Å². The van der Waals surface area contributed by atoms with Crippen molar-refractivity contribution in [1.82, 2.24) is 10.0 Å². The molecule has 1 saturated carbocycles. The highest BCUT2D eigenvalue weighted by atomic mass is 32.2. The number of hydrogen-bond donors (Lipinski definition) is 2. The first-order valence-electron chi connectivity index (χ1n) is 6.80. The van der Waals surface area contributed by atoms with Crippen molar-refractivity contribution < 1.29 is 8.42 Å². The van der Waals surface area contributed by atoms with Gasteiger partial charge in [0.15, 0.2) is 0 Å². The van der Waals surface area contributed by atoms with Gasteiger partial charge in [-0.2, -0.15) is 0 Å². The van der Waals surface area contributed by atoms with E-state index >= 15 is 0 Å². The summed E-state index contributed by atoms with van der Waals surface area (Å²) < 4.78 is 26.9. The third-order valence-electron chi connectivity index (χ3n) is 3.45. The second-order valence-corrected chi connectivity index (χ2v) is 8.27. The van der Waals surface area contributed by atoms with Crippen LogP contribution in [0.3, 0.4) is 0 Å². The molecular weight excluding hydrogens is 280 g/mol.